The molecule has 0 bridgehead atoms. The molecule has 7 aromatic rings. The van der Waals surface area contributed by atoms with Crippen LogP contribution < -0.4 is 0 Å². The van der Waals surface area contributed by atoms with Gasteiger partial charge in [-0.3, -0.25) is 0 Å². The molecule has 0 N–H and O–H groups in total. The molecule has 6 aromatic carbocycles. The predicted octanol–water partition coefficient (Wildman–Crippen LogP) is 10.4. The maximum absolute atomic E-state index is 6.70. The Labute approximate surface area is 216 Å². The summed E-state index contributed by atoms with van der Waals surface area (Å²) in [6.45, 7) is 4.24. The molecule has 0 saturated heterocycles. The van der Waals surface area contributed by atoms with E-state index in [1.54, 1.807) is 0 Å². The lowest BCUT2D eigenvalue weighted by Gasteiger charge is -2.12. The highest BCUT2D eigenvalue weighted by Crippen LogP contribution is 2.44. The van der Waals surface area contributed by atoms with Crippen molar-refractivity contribution in [3.05, 3.63) is 132 Å². The Bertz CT molecular complexity index is 1870. The average molecular weight is 475 g/mol. The standard InChI is InChI=1S/C36H26O/c1-23-11-15-25(16-12-23)35-32-20-19-29(22-33(32)37-36(35)26-17-13-24(2)14-18-26)34-30-9-5-3-7-27(30)21-28-8-4-6-10-31(28)34/h3-22H,1-2H3. The van der Waals surface area contributed by atoms with Crippen molar-refractivity contribution < 1.29 is 4.42 Å². The van der Waals surface area contributed by atoms with E-state index in [4.69, 9.17) is 4.42 Å². The molecule has 0 atom stereocenters. The number of hydrogen-bond acceptors (Lipinski definition) is 1. The zero-order chi connectivity index (χ0) is 24.9. The van der Waals surface area contributed by atoms with Gasteiger partial charge in [0.05, 0.1) is 0 Å². The van der Waals surface area contributed by atoms with Gasteiger partial charge in [-0.05, 0) is 70.3 Å². The van der Waals surface area contributed by atoms with Gasteiger partial charge in [0.15, 0.2) is 0 Å². The first-order valence-electron chi connectivity index (χ1n) is 12.8. The third-order valence-corrected chi connectivity index (χ3v) is 7.40. The lowest BCUT2D eigenvalue weighted by atomic mass is 9.91. The van der Waals surface area contributed by atoms with Crippen molar-refractivity contribution in [1.82, 2.24) is 0 Å². The van der Waals surface area contributed by atoms with Gasteiger partial charge in [0.2, 0.25) is 0 Å². The molecule has 7 rings (SSSR count). The Kier molecular flexibility index (Phi) is 4.97. The van der Waals surface area contributed by atoms with Gasteiger partial charge >= 0.3 is 0 Å². The van der Waals surface area contributed by atoms with Crippen LogP contribution in [-0.4, -0.2) is 0 Å². The summed E-state index contributed by atoms with van der Waals surface area (Å²) in [5, 5.41) is 6.13. The Morgan fingerprint density at radius 1 is 0.432 bits per heavy atom. The van der Waals surface area contributed by atoms with Gasteiger partial charge in [-0.15, -0.1) is 0 Å². The largest absolute Gasteiger partial charge is 0.455 e. The summed E-state index contributed by atoms with van der Waals surface area (Å²) < 4.78 is 6.70. The molecule has 0 spiro atoms. The van der Waals surface area contributed by atoms with Gasteiger partial charge in [-0.1, -0.05) is 114 Å². The van der Waals surface area contributed by atoms with Gasteiger partial charge < -0.3 is 4.42 Å². The lowest BCUT2D eigenvalue weighted by Crippen LogP contribution is -1.86. The van der Waals surface area contributed by atoms with Crippen LogP contribution in [0.2, 0.25) is 0 Å². The molecule has 0 saturated carbocycles. The number of hydrogen-bond donors (Lipinski definition) is 0. The lowest BCUT2D eigenvalue weighted by molar-refractivity contribution is 0.632. The minimum atomic E-state index is 0.903. The summed E-state index contributed by atoms with van der Waals surface area (Å²) in [7, 11) is 0. The van der Waals surface area contributed by atoms with Gasteiger partial charge in [0, 0.05) is 16.5 Å². The van der Waals surface area contributed by atoms with E-state index in [0.717, 1.165) is 27.9 Å². The van der Waals surface area contributed by atoms with E-state index < -0.39 is 0 Å². The predicted molar refractivity (Wildman–Crippen MR) is 157 cm³/mol. The summed E-state index contributed by atoms with van der Waals surface area (Å²) in [4.78, 5) is 0. The molecule has 0 aliphatic carbocycles. The van der Waals surface area contributed by atoms with Crippen molar-refractivity contribution in [2.24, 2.45) is 0 Å². The molecule has 0 unspecified atom stereocenters. The van der Waals surface area contributed by atoms with Gasteiger partial charge in [0.1, 0.15) is 11.3 Å². The molecular formula is C36H26O. The highest BCUT2D eigenvalue weighted by atomic mass is 16.3. The van der Waals surface area contributed by atoms with Crippen molar-refractivity contribution in [1.29, 1.82) is 0 Å². The second kappa shape index (κ2) is 8.50. The van der Waals surface area contributed by atoms with E-state index >= 15 is 0 Å². The maximum atomic E-state index is 6.70. The normalized spacial score (nSPS) is 11.5. The van der Waals surface area contributed by atoms with Crippen molar-refractivity contribution in [3.63, 3.8) is 0 Å². The first-order valence-corrected chi connectivity index (χ1v) is 12.8. The molecule has 1 heteroatoms. The number of benzene rings is 6. The van der Waals surface area contributed by atoms with E-state index in [9.17, 15) is 0 Å². The first-order chi connectivity index (χ1) is 18.2. The molecule has 0 radical (unpaired) electrons. The number of fused-ring (bicyclic) bond motifs is 3. The molecule has 0 amide bonds. The Hall–Kier alpha value is -4.62. The van der Waals surface area contributed by atoms with E-state index in [-0.39, 0.29) is 0 Å². The van der Waals surface area contributed by atoms with Crippen molar-refractivity contribution in [2.45, 2.75) is 13.8 Å². The molecule has 176 valence electrons. The van der Waals surface area contributed by atoms with Crippen LogP contribution in [0.5, 0.6) is 0 Å². The quantitative estimate of drug-likeness (QED) is 0.232. The van der Waals surface area contributed by atoms with Crippen LogP contribution in [0.1, 0.15) is 11.1 Å². The SMILES string of the molecule is Cc1ccc(-c2oc3cc(-c4c5ccccc5cc5ccccc45)ccc3c2-c2ccc(C)cc2)cc1. The minimum Gasteiger partial charge on any atom is -0.455 e. The summed E-state index contributed by atoms with van der Waals surface area (Å²) in [5.74, 6) is 0.916. The van der Waals surface area contributed by atoms with E-state index in [2.05, 4.69) is 135 Å². The maximum Gasteiger partial charge on any atom is 0.143 e. The van der Waals surface area contributed by atoms with Gasteiger partial charge in [0.25, 0.3) is 0 Å². The number of furan rings is 1. The first kappa shape index (κ1) is 21.6. The zero-order valence-electron chi connectivity index (χ0n) is 21.0. The molecule has 1 nitrogen and oxygen atoms in total. The van der Waals surface area contributed by atoms with Crippen LogP contribution in [0.3, 0.4) is 0 Å². The van der Waals surface area contributed by atoms with Crippen LogP contribution in [0, 0.1) is 13.8 Å². The molecule has 1 heterocycles. The number of aryl methyl sites for hydroxylation is 2. The van der Waals surface area contributed by atoms with E-state index in [1.807, 2.05) is 0 Å². The Morgan fingerprint density at radius 3 is 1.59 bits per heavy atom. The second-order valence-electron chi connectivity index (χ2n) is 9.94. The number of rotatable bonds is 3. The van der Waals surface area contributed by atoms with Gasteiger partial charge in [-0.25, -0.2) is 0 Å². The average Bonchev–Trinajstić information content (AvgIpc) is 3.31. The van der Waals surface area contributed by atoms with Crippen LogP contribution in [0.4, 0.5) is 0 Å². The summed E-state index contributed by atoms with van der Waals surface area (Å²) in [6, 6.07) is 43.6. The highest BCUT2D eigenvalue weighted by molar-refractivity contribution is 6.14. The van der Waals surface area contributed by atoms with Gasteiger partial charge in [-0.2, -0.15) is 0 Å². The molecule has 0 aliphatic rings. The Balaban J connectivity index is 1.52. The van der Waals surface area contributed by atoms with Crippen molar-refractivity contribution in [2.75, 3.05) is 0 Å². The fraction of sp³-hybridized carbons (Fsp3) is 0.0556. The topological polar surface area (TPSA) is 13.1 Å². The van der Waals surface area contributed by atoms with Crippen molar-refractivity contribution >= 4 is 32.5 Å². The fourth-order valence-corrected chi connectivity index (χ4v) is 5.49. The van der Waals surface area contributed by atoms with E-state index in [0.29, 0.717) is 0 Å². The minimum absolute atomic E-state index is 0.903. The second-order valence-corrected chi connectivity index (χ2v) is 9.94. The van der Waals surface area contributed by atoms with Crippen LogP contribution >= 0.6 is 0 Å². The summed E-state index contributed by atoms with van der Waals surface area (Å²) in [5.41, 5.74) is 9.22. The zero-order valence-corrected chi connectivity index (χ0v) is 21.0. The molecule has 0 fully saturated rings. The third kappa shape index (κ3) is 3.63. The van der Waals surface area contributed by atoms with Crippen LogP contribution in [0.25, 0.3) is 66.1 Å². The molecule has 1 aromatic heterocycles. The smallest absolute Gasteiger partial charge is 0.143 e. The Morgan fingerprint density at radius 2 is 0.973 bits per heavy atom. The van der Waals surface area contributed by atoms with E-state index in [1.165, 1.54) is 49.4 Å². The van der Waals surface area contributed by atoms with Crippen molar-refractivity contribution in [3.8, 4) is 33.6 Å². The monoisotopic (exact) mass is 474 g/mol. The summed E-state index contributed by atoms with van der Waals surface area (Å²) >= 11 is 0. The molecule has 37 heavy (non-hydrogen) atoms. The fourth-order valence-electron chi connectivity index (χ4n) is 5.49. The van der Waals surface area contributed by atoms with Crippen LogP contribution in [-0.2, 0) is 0 Å². The third-order valence-electron chi connectivity index (χ3n) is 7.40. The van der Waals surface area contributed by atoms with Crippen LogP contribution in [0.15, 0.2) is 126 Å². The molecule has 0 aliphatic heterocycles. The molecular weight excluding hydrogens is 448 g/mol. The highest BCUT2D eigenvalue weighted by Gasteiger charge is 2.19. The summed E-state index contributed by atoms with van der Waals surface area (Å²) in [6.07, 6.45) is 0.